The molecule has 0 aliphatic carbocycles. The first-order chi connectivity index (χ1) is 4.41. The molecule has 0 aromatic heterocycles. The topological polar surface area (TPSA) is 48.8 Å². The summed E-state index contributed by atoms with van der Waals surface area (Å²) in [5, 5.41) is 3.32. The highest BCUT2D eigenvalue weighted by Crippen LogP contribution is 1.87. The predicted octanol–water partition coefficient (Wildman–Crippen LogP) is 2.47. The molecule has 0 aliphatic rings. The van der Waals surface area contributed by atoms with Gasteiger partial charge in [0.05, 0.1) is 0 Å². The highest BCUT2D eigenvalue weighted by atomic mass is 15.1. The van der Waals surface area contributed by atoms with Crippen molar-refractivity contribution in [2.45, 2.75) is 12.8 Å². The van der Waals surface area contributed by atoms with Crippen LogP contribution in [-0.2, 0) is 0 Å². The maximum atomic E-state index is 7.83. The van der Waals surface area contributed by atoms with Crippen LogP contribution in [0, 0.1) is 6.92 Å². The molecule has 0 aromatic rings. The Morgan fingerprint density at radius 2 is 2.33 bits per heavy atom. The lowest BCUT2D eigenvalue weighted by Crippen LogP contribution is -1.67. The summed E-state index contributed by atoms with van der Waals surface area (Å²) in [7, 11) is 0. The van der Waals surface area contributed by atoms with E-state index in [1.165, 1.54) is 0 Å². The number of allylic oxidation sites excluding steroid dienone is 1. The van der Waals surface area contributed by atoms with E-state index in [1.807, 2.05) is 12.2 Å². The van der Waals surface area contributed by atoms with E-state index in [9.17, 15) is 0 Å². The van der Waals surface area contributed by atoms with Crippen molar-refractivity contribution in [2.24, 2.45) is 5.11 Å². The molecule has 0 amide bonds. The first-order valence-corrected chi connectivity index (χ1v) is 2.87. The third-order valence-corrected chi connectivity index (χ3v) is 0.788. The highest BCUT2D eigenvalue weighted by molar-refractivity contribution is 4.83. The number of azide groups is 1. The molecular formula is C6H10N3. The third-order valence-electron chi connectivity index (χ3n) is 0.788. The van der Waals surface area contributed by atoms with Gasteiger partial charge in [-0.05, 0) is 18.4 Å². The summed E-state index contributed by atoms with van der Waals surface area (Å²) in [6.07, 6.45) is 5.65. The molecule has 0 N–H and O–H groups in total. The molecule has 0 unspecified atom stereocenters. The number of unbranched alkanes of at least 4 members (excludes halogenated alkanes) is 1. The van der Waals surface area contributed by atoms with Gasteiger partial charge in [-0.3, -0.25) is 0 Å². The molecule has 9 heavy (non-hydrogen) atoms. The van der Waals surface area contributed by atoms with Gasteiger partial charge in [0, 0.05) is 11.5 Å². The number of nitrogens with zero attached hydrogens (tertiary/aromatic N) is 3. The van der Waals surface area contributed by atoms with Crippen molar-refractivity contribution >= 4 is 0 Å². The fourth-order valence-electron chi connectivity index (χ4n) is 0.394. The van der Waals surface area contributed by atoms with Crippen LogP contribution in [0.2, 0.25) is 0 Å². The zero-order valence-corrected chi connectivity index (χ0v) is 5.32. The van der Waals surface area contributed by atoms with Crippen LogP contribution >= 0.6 is 0 Å². The lowest BCUT2D eigenvalue weighted by atomic mass is 10.3. The second kappa shape index (κ2) is 7.05. The van der Waals surface area contributed by atoms with E-state index in [-0.39, 0.29) is 0 Å². The van der Waals surface area contributed by atoms with E-state index < -0.39 is 0 Å². The van der Waals surface area contributed by atoms with Gasteiger partial charge in [0.15, 0.2) is 0 Å². The van der Waals surface area contributed by atoms with Crippen LogP contribution in [0.15, 0.2) is 17.3 Å². The summed E-state index contributed by atoms with van der Waals surface area (Å²) in [6.45, 7) is 4.10. The van der Waals surface area contributed by atoms with Gasteiger partial charge in [-0.15, -0.1) is 0 Å². The zero-order valence-electron chi connectivity index (χ0n) is 5.32. The van der Waals surface area contributed by atoms with Gasteiger partial charge in [-0.2, -0.15) is 0 Å². The van der Waals surface area contributed by atoms with E-state index in [4.69, 9.17) is 5.53 Å². The Hall–Kier alpha value is -0.950. The average molecular weight is 124 g/mol. The summed E-state index contributed by atoms with van der Waals surface area (Å²) in [6, 6.07) is 0. The molecule has 49 valence electrons. The smallest absolute Gasteiger partial charge is 0.0440 e. The molecule has 0 saturated heterocycles. The fourth-order valence-corrected chi connectivity index (χ4v) is 0.394. The Labute approximate surface area is 55.0 Å². The quantitative estimate of drug-likeness (QED) is 0.239. The van der Waals surface area contributed by atoms with E-state index in [2.05, 4.69) is 16.9 Å². The monoisotopic (exact) mass is 124 g/mol. The van der Waals surface area contributed by atoms with Crippen molar-refractivity contribution in [3.8, 4) is 0 Å². The second-order valence-electron chi connectivity index (χ2n) is 1.53. The minimum absolute atomic E-state index is 0.455. The van der Waals surface area contributed by atoms with Crippen molar-refractivity contribution in [3.63, 3.8) is 0 Å². The molecule has 0 aromatic carbocycles. The first-order valence-electron chi connectivity index (χ1n) is 2.87. The van der Waals surface area contributed by atoms with Crippen molar-refractivity contribution in [1.82, 2.24) is 0 Å². The van der Waals surface area contributed by atoms with Crippen molar-refractivity contribution in [3.05, 3.63) is 29.5 Å². The maximum Gasteiger partial charge on any atom is 0.0440 e. The Kier molecular flexibility index (Phi) is 6.31. The van der Waals surface area contributed by atoms with Crippen LogP contribution in [0.25, 0.3) is 10.4 Å². The molecule has 3 nitrogen and oxygen atoms in total. The van der Waals surface area contributed by atoms with Crippen LogP contribution in [0.1, 0.15) is 12.8 Å². The fraction of sp³-hybridized carbons (Fsp3) is 0.500. The van der Waals surface area contributed by atoms with Gasteiger partial charge in [0.1, 0.15) is 0 Å². The van der Waals surface area contributed by atoms with Crippen LogP contribution in [0.4, 0.5) is 0 Å². The van der Waals surface area contributed by atoms with Gasteiger partial charge in [0.25, 0.3) is 0 Å². The Bertz CT molecular complexity index is 122. The van der Waals surface area contributed by atoms with Gasteiger partial charge in [0.2, 0.25) is 0 Å². The standard InChI is InChI=1S/C6H10N3/c1-2-3-4-5-6-8-9-7/h4-5H,1-3,6H2. The minimum Gasteiger partial charge on any atom is -0.0899 e. The normalized spacial score (nSPS) is 9.44. The van der Waals surface area contributed by atoms with Crippen LogP contribution in [0.3, 0.4) is 0 Å². The molecular weight excluding hydrogens is 114 g/mol. The Morgan fingerprint density at radius 1 is 1.56 bits per heavy atom. The molecule has 0 fully saturated rings. The third kappa shape index (κ3) is 7.05. The summed E-state index contributed by atoms with van der Waals surface area (Å²) >= 11 is 0. The van der Waals surface area contributed by atoms with E-state index in [0.29, 0.717) is 6.54 Å². The van der Waals surface area contributed by atoms with Gasteiger partial charge in [-0.25, -0.2) is 0 Å². The average Bonchev–Trinajstić information content (AvgIpc) is 1.89. The SMILES string of the molecule is [CH2]CCC=CCN=[N+]=[N-]. The Balaban J connectivity index is 3.14. The molecule has 0 bridgehead atoms. The van der Waals surface area contributed by atoms with Crippen molar-refractivity contribution < 1.29 is 0 Å². The maximum absolute atomic E-state index is 7.83. The molecule has 0 rings (SSSR count). The van der Waals surface area contributed by atoms with Gasteiger partial charge >= 0.3 is 0 Å². The lowest BCUT2D eigenvalue weighted by Gasteiger charge is -1.80. The summed E-state index contributed by atoms with van der Waals surface area (Å²) in [5.41, 5.74) is 7.83. The van der Waals surface area contributed by atoms with E-state index in [0.717, 1.165) is 12.8 Å². The van der Waals surface area contributed by atoms with Crippen LogP contribution in [-0.4, -0.2) is 6.54 Å². The molecule has 3 heteroatoms. The van der Waals surface area contributed by atoms with Crippen LogP contribution in [0.5, 0.6) is 0 Å². The van der Waals surface area contributed by atoms with Crippen molar-refractivity contribution in [2.75, 3.05) is 6.54 Å². The zero-order chi connectivity index (χ0) is 6.95. The van der Waals surface area contributed by atoms with E-state index >= 15 is 0 Å². The summed E-state index contributed by atoms with van der Waals surface area (Å²) in [4.78, 5) is 2.59. The highest BCUT2D eigenvalue weighted by Gasteiger charge is 1.71. The molecule has 0 spiro atoms. The predicted molar refractivity (Wildman–Crippen MR) is 37.7 cm³/mol. The lowest BCUT2D eigenvalue weighted by molar-refractivity contribution is 1.04. The number of rotatable bonds is 4. The number of hydrogen-bond acceptors (Lipinski definition) is 1. The molecule has 0 saturated carbocycles. The van der Waals surface area contributed by atoms with Crippen LogP contribution < -0.4 is 0 Å². The summed E-state index contributed by atoms with van der Waals surface area (Å²) in [5.74, 6) is 0. The molecule has 0 aliphatic heterocycles. The minimum atomic E-state index is 0.455. The number of hydrogen-bond donors (Lipinski definition) is 0. The molecule has 0 heterocycles. The second-order valence-corrected chi connectivity index (χ2v) is 1.53. The first kappa shape index (κ1) is 8.05. The van der Waals surface area contributed by atoms with Gasteiger partial charge in [-0.1, -0.05) is 24.2 Å². The largest absolute Gasteiger partial charge is 0.0899 e. The van der Waals surface area contributed by atoms with Gasteiger partial charge < -0.3 is 0 Å². The molecule has 1 radical (unpaired) electrons. The summed E-state index contributed by atoms with van der Waals surface area (Å²) < 4.78 is 0. The van der Waals surface area contributed by atoms with Crippen molar-refractivity contribution in [1.29, 1.82) is 0 Å². The van der Waals surface area contributed by atoms with E-state index in [1.54, 1.807) is 0 Å². The molecule has 0 atom stereocenters. The Morgan fingerprint density at radius 3 is 2.89 bits per heavy atom.